The number of hydrogen-bond acceptors (Lipinski definition) is 1. The maximum Gasteiger partial charge on any atom is 0.0226 e. The molecular weight excluding hydrogens is 194 g/mol. The van der Waals surface area contributed by atoms with E-state index in [1.54, 1.807) is 0 Å². The Kier molecular flexibility index (Phi) is 3.34. The van der Waals surface area contributed by atoms with Crippen molar-refractivity contribution in [2.24, 2.45) is 11.7 Å². The van der Waals surface area contributed by atoms with Crippen LogP contribution < -0.4 is 5.73 Å². The average molecular weight is 217 g/mol. The molecule has 1 unspecified atom stereocenters. The van der Waals surface area contributed by atoms with E-state index in [4.69, 9.17) is 5.73 Å². The molecule has 16 heavy (non-hydrogen) atoms. The molecule has 1 aliphatic carbocycles. The van der Waals surface area contributed by atoms with Crippen LogP contribution in [-0.2, 0) is 0 Å². The lowest BCUT2D eigenvalue weighted by Crippen LogP contribution is -2.45. The Labute approximate surface area is 99.0 Å². The van der Waals surface area contributed by atoms with Crippen LogP contribution in [0.3, 0.4) is 0 Å². The lowest BCUT2D eigenvalue weighted by Gasteiger charge is -2.37. The summed E-state index contributed by atoms with van der Waals surface area (Å²) in [6.45, 7) is 4.59. The van der Waals surface area contributed by atoms with Gasteiger partial charge < -0.3 is 5.73 Å². The Balaban J connectivity index is 2.31. The molecule has 1 saturated carbocycles. The molecule has 1 atom stereocenters. The molecule has 0 aliphatic heterocycles. The molecule has 1 nitrogen and oxygen atoms in total. The molecule has 88 valence electrons. The molecule has 1 heteroatoms. The minimum atomic E-state index is 0.0372. The first kappa shape index (κ1) is 11.7. The van der Waals surface area contributed by atoms with Crippen molar-refractivity contribution in [1.82, 2.24) is 0 Å². The van der Waals surface area contributed by atoms with Crippen molar-refractivity contribution in [3.63, 3.8) is 0 Å². The monoisotopic (exact) mass is 217 g/mol. The Hall–Kier alpha value is -0.820. The van der Waals surface area contributed by atoms with Gasteiger partial charge in [0, 0.05) is 11.5 Å². The fourth-order valence-corrected chi connectivity index (χ4v) is 3.39. The highest BCUT2D eigenvalue weighted by Crippen LogP contribution is 2.43. The van der Waals surface area contributed by atoms with E-state index >= 15 is 0 Å². The summed E-state index contributed by atoms with van der Waals surface area (Å²) >= 11 is 0. The second kappa shape index (κ2) is 4.58. The van der Waals surface area contributed by atoms with Crippen LogP contribution in [0.5, 0.6) is 0 Å². The quantitative estimate of drug-likeness (QED) is 0.821. The van der Waals surface area contributed by atoms with E-state index in [9.17, 15) is 0 Å². The van der Waals surface area contributed by atoms with Crippen molar-refractivity contribution in [2.75, 3.05) is 0 Å². The molecule has 0 saturated heterocycles. The number of nitrogens with two attached hydrogens (primary N) is 1. The zero-order chi connectivity index (χ0) is 11.6. The molecule has 1 aromatic carbocycles. The van der Waals surface area contributed by atoms with E-state index in [0.717, 1.165) is 0 Å². The van der Waals surface area contributed by atoms with E-state index in [1.807, 2.05) is 0 Å². The Morgan fingerprint density at radius 1 is 1.06 bits per heavy atom. The predicted molar refractivity (Wildman–Crippen MR) is 69.4 cm³/mol. The smallest absolute Gasteiger partial charge is 0.0226 e. The molecule has 2 rings (SSSR count). The first-order valence-corrected chi connectivity index (χ1v) is 6.47. The van der Waals surface area contributed by atoms with Gasteiger partial charge in [0.05, 0.1) is 0 Å². The van der Waals surface area contributed by atoms with Crippen molar-refractivity contribution < 1.29 is 0 Å². The van der Waals surface area contributed by atoms with Gasteiger partial charge in [0.2, 0.25) is 0 Å². The van der Waals surface area contributed by atoms with Crippen LogP contribution in [0, 0.1) is 5.92 Å². The molecule has 2 N–H and O–H groups in total. The summed E-state index contributed by atoms with van der Waals surface area (Å²) in [5.41, 5.74) is 8.09. The van der Waals surface area contributed by atoms with E-state index in [0.29, 0.717) is 11.8 Å². The molecule has 0 amide bonds. The molecule has 1 fully saturated rings. The Bertz CT molecular complexity index is 323. The van der Waals surface area contributed by atoms with Gasteiger partial charge in [-0.3, -0.25) is 0 Å². The van der Waals surface area contributed by atoms with Crippen LogP contribution in [0.4, 0.5) is 0 Å². The number of hydrogen-bond donors (Lipinski definition) is 1. The molecule has 0 bridgehead atoms. The van der Waals surface area contributed by atoms with Gasteiger partial charge in [-0.05, 0) is 24.3 Å². The van der Waals surface area contributed by atoms with Crippen LogP contribution in [0.2, 0.25) is 0 Å². The summed E-state index contributed by atoms with van der Waals surface area (Å²) in [4.78, 5) is 0. The summed E-state index contributed by atoms with van der Waals surface area (Å²) in [5, 5.41) is 0. The van der Waals surface area contributed by atoms with Crippen molar-refractivity contribution >= 4 is 0 Å². The maximum atomic E-state index is 6.64. The van der Waals surface area contributed by atoms with Crippen LogP contribution in [0.1, 0.15) is 51.0 Å². The SMILES string of the molecule is CC(C)C(c1ccccc1)C1(N)CCCC1. The summed E-state index contributed by atoms with van der Waals surface area (Å²) in [5.74, 6) is 1.13. The van der Waals surface area contributed by atoms with Gasteiger partial charge >= 0.3 is 0 Å². The van der Waals surface area contributed by atoms with Gasteiger partial charge in [-0.15, -0.1) is 0 Å². The lowest BCUT2D eigenvalue weighted by atomic mass is 9.72. The van der Waals surface area contributed by atoms with E-state index < -0.39 is 0 Å². The van der Waals surface area contributed by atoms with Crippen LogP contribution in [0.25, 0.3) is 0 Å². The first-order chi connectivity index (χ1) is 7.63. The van der Waals surface area contributed by atoms with Gasteiger partial charge in [-0.25, -0.2) is 0 Å². The van der Waals surface area contributed by atoms with Crippen molar-refractivity contribution in [1.29, 1.82) is 0 Å². The third-order valence-corrected chi connectivity index (χ3v) is 3.98. The summed E-state index contributed by atoms with van der Waals surface area (Å²) in [6.07, 6.45) is 4.97. The molecule has 0 radical (unpaired) electrons. The van der Waals surface area contributed by atoms with Gasteiger partial charge in [0.1, 0.15) is 0 Å². The third-order valence-electron chi connectivity index (χ3n) is 3.98. The molecule has 1 aromatic rings. The average Bonchev–Trinajstić information content (AvgIpc) is 2.67. The van der Waals surface area contributed by atoms with Gasteiger partial charge in [-0.1, -0.05) is 57.0 Å². The van der Waals surface area contributed by atoms with Crippen LogP contribution in [0.15, 0.2) is 30.3 Å². The van der Waals surface area contributed by atoms with Crippen molar-refractivity contribution in [3.05, 3.63) is 35.9 Å². The standard InChI is InChI=1S/C15H23N/c1-12(2)14(13-8-4-3-5-9-13)15(16)10-6-7-11-15/h3-5,8-9,12,14H,6-7,10-11,16H2,1-2H3. The topological polar surface area (TPSA) is 26.0 Å². The minimum Gasteiger partial charge on any atom is -0.325 e. The van der Waals surface area contributed by atoms with E-state index in [2.05, 4.69) is 44.2 Å². The zero-order valence-corrected chi connectivity index (χ0v) is 10.4. The fraction of sp³-hybridized carbons (Fsp3) is 0.600. The highest BCUT2D eigenvalue weighted by atomic mass is 14.8. The van der Waals surface area contributed by atoms with Crippen molar-refractivity contribution in [3.8, 4) is 0 Å². The normalized spacial score (nSPS) is 21.2. The zero-order valence-electron chi connectivity index (χ0n) is 10.4. The largest absolute Gasteiger partial charge is 0.325 e. The van der Waals surface area contributed by atoms with E-state index in [-0.39, 0.29) is 5.54 Å². The highest BCUT2D eigenvalue weighted by Gasteiger charge is 2.39. The summed E-state index contributed by atoms with van der Waals surface area (Å²) in [7, 11) is 0. The number of benzene rings is 1. The molecule has 1 aliphatic rings. The molecular formula is C15H23N. The maximum absolute atomic E-state index is 6.64. The van der Waals surface area contributed by atoms with Crippen molar-refractivity contribution in [2.45, 2.75) is 51.0 Å². The third kappa shape index (κ3) is 2.15. The second-order valence-corrected chi connectivity index (χ2v) is 5.57. The minimum absolute atomic E-state index is 0.0372. The molecule has 0 spiro atoms. The second-order valence-electron chi connectivity index (χ2n) is 5.57. The van der Waals surface area contributed by atoms with Crippen LogP contribution in [-0.4, -0.2) is 5.54 Å². The summed E-state index contributed by atoms with van der Waals surface area (Å²) in [6, 6.07) is 10.8. The van der Waals surface area contributed by atoms with Gasteiger partial charge in [0.25, 0.3) is 0 Å². The molecule has 0 aromatic heterocycles. The van der Waals surface area contributed by atoms with Crippen LogP contribution >= 0.6 is 0 Å². The molecule has 0 heterocycles. The van der Waals surface area contributed by atoms with Gasteiger partial charge in [0.15, 0.2) is 0 Å². The number of rotatable bonds is 3. The Morgan fingerprint density at radius 3 is 2.12 bits per heavy atom. The first-order valence-electron chi connectivity index (χ1n) is 6.47. The highest BCUT2D eigenvalue weighted by molar-refractivity contribution is 5.25. The Morgan fingerprint density at radius 2 is 1.62 bits per heavy atom. The lowest BCUT2D eigenvalue weighted by molar-refractivity contribution is 0.289. The van der Waals surface area contributed by atoms with E-state index in [1.165, 1.54) is 31.2 Å². The fourth-order valence-electron chi connectivity index (χ4n) is 3.39. The summed E-state index contributed by atoms with van der Waals surface area (Å²) < 4.78 is 0. The van der Waals surface area contributed by atoms with Gasteiger partial charge in [-0.2, -0.15) is 0 Å². The predicted octanol–water partition coefficient (Wildman–Crippen LogP) is 3.70.